The third-order valence-electron chi connectivity index (χ3n) is 3.85. The molecule has 0 radical (unpaired) electrons. The molecule has 2 aromatic rings. The molecule has 0 saturated heterocycles. The molecule has 0 aliphatic carbocycles. The normalized spacial score (nSPS) is 19.0. The van der Waals surface area contributed by atoms with Crippen LogP contribution in [0.3, 0.4) is 0 Å². The van der Waals surface area contributed by atoms with E-state index in [1.807, 2.05) is 12.1 Å². The highest BCUT2D eigenvalue weighted by molar-refractivity contribution is 9.10. The van der Waals surface area contributed by atoms with Crippen molar-refractivity contribution in [3.63, 3.8) is 0 Å². The molecule has 5 heteroatoms. The van der Waals surface area contributed by atoms with Crippen LogP contribution in [-0.4, -0.2) is 11.6 Å². The molecule has 1 aliphatic heterocycles. The van der Waals surface area contributed by atoms with Gasteiger partial charge in [-0.25, -0.2) is 0 Å². The molecular formula is C16H18BrN3O. The molecule has 0 amide bonds. The average Bonchev–Trinajstić information content (AvgIpc) is 2.54. The number of halogens is 1. The number of nitrogens with two attached hydrogens (primary N) is 1. The van der Waals surface area contributed by atoms with Gasteiger partial charge in [0.1, 0.15) is 0 Å². The van der Waals surface area contributed by atoms with Crippen LogP contribution in [0.2, 0.25) is 0 Å². The molecule has 2 unspecified atom stereocenters. The molecule has 2 atom stereocenters. The van der Waals surface area contributed by atoms with Gasteiger partial charge in [0, 0.05) is 17.1 Å². The van der Waals surface area contributed by atoms with Gasteiger partial charge in [-0.1, -0.05) is 24.3 Å². The van der Waals surface area contributed by atoms with Crippen molar-refractivity contribution >= 4 is 15.9 Å². The van der Waals surface area contributed by atoms with Crippen molar-refractivity contribution in [1.82, 2.24) is 10.4 Å². The maximum absolute atomic E-state index is 5.95. The second kappa shape index (κ2) is 6.66. The Labute approximate surface area is 132 Å². The summed E-state index contributed by atoms with van der Waals surface area (Å²) >= 11 is 3.40. The zero-order valence-electron chi connectivity index (χ0n) is 11.6. The monoisotopic (exact) mass is 347 g/mol. The van der Waals surface area contributed by atoms with Gasteiger partial charge in [0.15, 0.2) is 0 Å². The van der Waals surface area contributed by atoms with E-state index in [9.17, 15) is 0 Å². The number of aromatic nitrogens is 1. The van der Waals surface area contributed by atoms with Crippen LogP contribution < -0.4 is 11.3 Å². The summed E-state index contributed by atoms with van der Waals surface area (Å²) in [6.45, 7) is 0.757. The lowest BCUT2D eigenvalue weighted by Crippen LogP contribution is -2.31. The van der Waals surface area contributed by atoms with Gasteiger partial charge in [-0.05, 0) is 45.6 Å². The predicted octanol–water partition coefficient (Wildman–Crippen LogP) is 3.05. The molecular weight excluding hydrogens is 330 g/mol. The van der Waals surface area contributed by atoms with Crippen LogP contribution in [0.4, 0.5) is 0 Å². The summed E-state index contributed by atoms with van der Waals surface area (Å²) in [5.74, 6) is 5.72. The number of hydrogen-bond donors (Lipinski definition) is 2. The van der Waals surface area contributed by atoms with E-state index in [0.717, 1.165) is 29.6 Å². The zero-order chi connectivity index (χ0) is 14.7. The predicted molar refractivity (Wildman–Crippen MR) is 85.5 cm³/mol. The number of fused-ring (bicyclic) bond motifs is 1. The molecule has 3 N–H and O–H groups in total. The number of nitrogens with zero attached hydrogens (tertiary/aromatic N) is 1. The Bertz CT molecular complexity index is 603. The number of hydrazine groups is 1. The highest BCUT2D eigenvalue weighted by atomic mass is 79.9. The molecule has 21 heavy (non-hydrogen) atoms. The molecule has 0 saturated carbocycles. The number of rotatable bonds is 4. The summed E-state index contributed by atoms with van der Waals surface area (Å²) in [6, 6.07) is 12.4. The van der Waals surface area contributed by atoms with Gasteiger partial charge in [-0.3, -0.25) is 16.3 Å². The third kappa shape index (κ3) is 3.32. The first-order chi connectivity index (χ1) is 10.3. The molecule has 1 aromatic heterocycles. The number of pyridine rings is 1. The lowest BCUT2D eigenvalue weighted by atomic mass is 9.93. The zero-order valence-corrected chi connectivity index (χ0v) is 13.2. The molecule has 0 bridgehead atoms. The van der Waals surface area contributed by atoms with Gasteiger partial charge >= 0.3 is 0 Å². The number of ether oxygens (including phenoxy) is 1. The Hall–Kier alpha value is -1.27. The van der Waals surface area contributed by atoms with Crippen LogP contribution in [0.1, 0.15) is 35.4 Å². The number of benzene rings is 1. The van der Waals surface area contributed by atoms with E-state index in [0.29, 0.717) is 0 Å². The molecule has 2 heterocycles. The van der Waals surface area contributed by atoms with Crippen molar-refractivity contribution < 1.29 is 4.74 Å². The van der Waals surface area contributed by atoms with E-state index >= 15 is 0 Å². The van der Waals surface area contributed by atoms with Crippen molar-refractivity contribution in [2.75, 3.05) is 6.61 Å². The van der Waals surface area contributed by atoms with E-state index in [2.05, 4.69) is 50.6 Å². The second-order valence-electron chi connectivity index (χ2n) is 5.16. The smallest absolute Gasteiger partial charge is 0.0847 e. The Morgan fingerprint density at radius 3 is 2.95 bits per heavy atom. The lowest BCUT2D eigenvalue weighted by Gasteiger charge is -2.29. The summed E-state index contributed by atoms with van der Waals surface area (Å²) in [5.41, 5.74) is 6.42. The summed E-state index contributed by atoms with van der Waals surface area (Å²) in [4.78, 5) is 4.43. The van der Waals surface area contributed by atoms with E-state index in [1.54, 1.807) is 6.20 Å². The Kier molecular flexibility index (Phi) is 4.65. The largest absolute Gasteiger partial charge is 0.373 e. The fourth-order valence-corrected chi connectivity index (χ4v) is 2.99. The summed E-state index contributed by atoms with van der Waals surface area (Å²) in [7, 11) is 0. The van der Waals surface area contributed by atoms with Crippen LogP contribution in [-0.2, 0) is 11.2 Å². The van der Waals surface area contributed by atoms with Crippen molar-refractivity contribution in [3.05, 3.63) is 63.9 Å². The van der Waals surface area contributed by atoms with E-state index in [-0.39, 0.29) is 12.1 Å². The molecule has 110 valence electrons. The molecule has 3 rings (SSSR count). The van der Waals surface area contributed by atoms with Crippen LogP contribution in [0, 0.1) is 0 Å². The minimum atomic E-state index is -0.0331. The number of nitrogens with one attached hydrogen (secondary N) is 1. The van der Waals surface area contributed by atoms with E-state index < -0.39 is 0 Å². The van der Waals surface area contributed by atoms with Crippen LogP contribution in [0.25, 0.3) is 0 Å². The van der Waals surface area contributed by atoms with E-state index in [4.69, 9.17) is 10.6 Å². The lowest BCUT2D eigenvalue weighted by molar-refractivity contribution is 0.0290. The van der Waals surface area contributed by atoms with Crippen molar-refractivity contribution in [2.24, 2.45) is 5.84 Å². The Morgan fingerprint density at radius 1 is 1.33 bits per heavy atom. The SMILES string of the molecule is NNC(CC1OCCc2ccccc21)c1ccc(Br)cn1. The van der Waals surface area contributed by atoms with Crippen LogP contribution >= 0.6 is 15.9 Å². The van der Waals surface area contributed by atoms with Gasteiger partial charge in [-0.2, -0.15) is 0 Å². The molecule has 1 aliphatic rings. The van der Waals surface area contributed by atoms with Gasteiger partial charge in [0.05, 0.1) is 24.4 Å². The molecule has 0 fully saturated rings. The van der Waals surface area contributed by atoms with Crippen LogP contribution in [0.15, 0.2) is 47.1 Å². The first-order valence-electron chi connectivity index (χ1n) is 7.05. The summed E-state index contributed by atoms with van der Waals surface area (Å²) in [6.07, 6.45) is 3.59. The average molecular weight is 348 g/mol. The maximum Gasteiger partial charge on any atom is 0.0847 e. The third-order valence-corrected chi connectivity index (χ3v) is 4.32. The Balaban J connectivity index is 1.80. The fourth-order valence-electron chi connectivity index (χ4n) is 2.75. The first kappa shape index (κ1) is 14.7. The standard InChI is InChI=1S/C16H18BrN3O/c17-12-5-6-14(19-10-12)15(20-18)9-16-13-4-2-1-3-11(13)7-8-21-16/h1-6,10,15-16,20H,7-9,18H2. The minimum Gasteiger partial charge on any atom is -0.373 e. The van der Waals surface area contributed by atoms with E-state index in [1.165, 1.54) is 11.1 Å². The van der Waals surface area contributed by atoms with Crippen molar-refractivity contribution in [2.45, 2.75) is 25.0 Å². The topological polar surface area (TPSA) is 60.2 Å². The van der Waals surface area contributed by atoms with Crippen molar-refractivity contribution in [3.8, 4) is 0 Å². The van der Waals surface area contributed by atoms with Gasteiger partial charge in [0.25, 0.3) is 0 Å². The van der Waals surface area contributed by atoms with Gasteiger partial charge in [-0.15, -0.1) is 0 Å². The second-order valence-corrected chi connectivity index (χ2v) is 6.08. The molecule has 4 nitrogen and oxygen atoms in total. The quantitative estimate of drug-likeness (QED) is 0.659. The number of hydrogen-bond acceptors (Lipinski definition) is 4. The highest BCUT2D eigenvalue weighted by Crippen LogP contribution is 2.33. The maximum atomic E-state index is 5.95. The summed E-state index contributed by atoms with van der Waals surface area (Å²) in [5, 5.41) is 0. The van der Waals surface area contributed by atoms with Crippen LogP contribution in [0.5, 0.6) is 0 Å². The van der Waals surface area contributed by atoms with Gasteiger partial charge < -0.3 is 4.74 Å². The molecule has 1 aromatic carbocycles. The van der Waals surface area contributed by atoms with Gasteiger partial charge in [0.2, 0.25) is 0 Å². The highest BCUT2D eigenvalue weighted by Gasteiger charge is 2.24. The van der Waals surface area contributed by atoms with Crippen molar-refractivity contribution in [1.29, 1.82) is 0 Å². The fraction of sp³-hybridized carbons (Fsp3) is 0.312. The summed E-state index contributed by atoms with van der Waals surface area (Å²) < 4.78 is 6.91. The molecule has 0 spiro atoms. The Morgan fingerprint density at radius 2 is 2.19 bits per heavy atom. The minimum absolute atomic E-state index is 0.0331. The first-order valence-corrected chi connectivity index (χ1v) is 7.84.